The van der Waals surface area contributed by atoms with Crippen LogP contribution in [0.25, 0.3) is 5.69 Å². The van der Waals surface area contributed by atoms with Crippen LogP contribution < -0.4 is 11.0 Å². The highest BCUT2D eigenvalue weighted by molar-refractivity contribution is 6.30. The topological polar surface area (TPSA) is 87.1 Å². The fraction of sp³-hybridized carbons (Fsp3) is 0.111. The number of hydrogen-bond donors (Lipinski definition) is 3. The number of nitrogens with one attached hydrogen (secondary N) is 2. The Morgan fingerprint density at radius 2 is 1.96 bits per heavy atom. The number of carbonyl (C=O) groups is 1. The predicted molar refractivity (Wildman–Crippen MR) is 94.6 cm³/mol. The van der Waals surface area contributed by atoms with Gasteiger partial charge >= 0.3 is 0 Å². The molecule has 0 spiro atoms. The summed E-state index contributed by atoms with van der Waals surface area (Å²) in [7, 11) is 0. The molecule has 1 aromatic heterocycles. The number of hydroxylamine groups is 1. The van der Waals surface area contributed by atoms with E-state index < -0.39 is 5.91 Å². The van der Waals surface area contributed by atoms with Crippen molar-refractivity contribution in [2.45, 2.75) is 13.3 Å². The number of benzene rings is 2. The molecular weight excluding hydrogens is 342 g/mol. The zero-order chi connectivity index (χ0) is 18.0. The van der Waals surface area contributed by atoms with E-state index in [0.717, 1.165) is 11.3 Å². The van der Waals surface area contributed by atoms with Crippen molar-refractivity contribution >= 4 is 17.5 Å². The zero-order valence-electron chi connectivity index (χ0n) is 13.4. The molecule has 2 aromatic carbocycles. The number of aromatic nitrogens is 2. The van der Waals surface area contributed by atoms with Crippen molar-refractivity contribution in [3.8, 4) is 5.69 Å². The summed E-state index contributed by atoms with van der Waals surface area (Å²) < 4.78 is 1.46. The van der Waals surface area contributed by atoms with Crippen molar-refractivity contribution in [3.05, 3.63) is 86.3 Å². The summed E-state index contributed by atoms with van der Waals surface area (Å²) >= 11 is 6.00. The molecule has 6 nitrogen and oxygen atoms in total. The predicted octanol–water partition coefficient (Wildman–Crippen LogP) is 2.84. The van der Waals surface area contributed by atoms with E-state index in [2.05, 4.69) is 5.10 Å². The van der Waals surface area contributed by atoms with Crippen molar-refractivity contribution in [1.29, 1.82) is 0 Å². The van der Waals surface area contributed by atoms with Gasteiger partial charge in [0.05, 0.1) is 5.69 Å². The maximum Gasteiger partial charge on any atom is 0.274 e. The van der Waals surface area contributed by atoms with Crippen molar-refractivity contribution < 1.29 is 10.0 Å². The van der Waals surface area contributed by atoms with Crippen LogP contribution >= 0.6 is 11.6 Å². The normalized spacial score (nSPS) is 10.7. The second kappa shape index (κ2) is 6.96. The van der Waals surface area contributed by atoms with Crippen LogP contribution in [0.3, 0.4) is 0 Å². The molecular formula is C18H16ClN3O3. The lowest BCUT2D eigenvalue weighted by atomic mass is 10.0. The first-order valence-electron chi connectivity index (χ1n) is 7.59. The number of carbonyl (C=O) groups excluding carboxylic acids is 1. The number of H-pyrrole nitrogens is 1. The molecule has 0 radical (unpaired) electrons. The molecule has 1 amide bonds. The lowest BCUT2D eigenvalue weighted by molar-refractivity contribution is 0.0706. The van der Waals surface area contributed by atoms with Crippen LogP contribution in [-0.4, -0.2) is 20.9 Å². The summed E-state index contributed by atoms with van der Waals surface area (Å²) in [6.07, 6.45) is 0.426. The smallest absolute Gasteiger partial charge is 0.274 e. The molecule has 0 saturated heterocycles. The minimum atomic E-state index is -0.576. The number of rotatable bonds is 4. The number of aryl methyl sites for hydroxylation is 1. The number of halogens is 1. The second-order valence-electron chi connectivity index (χ2n) is 5.65. The fourth-order valence-electron chi connectivity index (χ4n) is 2.63. The van der Waals surface area contributed by atoms with E-state index in [1.54, 1.807) is 54.0 Å². The first-order chi connectivity index (χ1) is 12.0. The average molecular weight is 358 g/mol. The van der Waals surface area contributed by atoms with Crippen molar-refractivity contribution in [2.24, 2.45) is 0 Å². The Morgan fingerprint density at radius 1 is 1.24 bits per heavy atom. The van der Waals surface area contributed by atoms with Gasteiger partial charge in [-0.05, 0) is 42.8 Å². The Bertz CT molecular complexity index is 974. The number of nitrogens with zero attached hydrogens (tertiary/aromatic N) is 1. The molecule has 3 aromatic rings. The molecule has 3 N–H and O–H groups in total. The minimum Gasteiger partial charge on any atom is -0.295 e. The van der Waals surface area contributed by atoms with E-state index >= 15 is 0 Å². The van der Waals surface area contributed by atoms with Crippen LogP contribution in [0, 0.1) is 6.92 Å². The Hall–Kier alpha value is -2.83. The third-order valence-electron chi connectivity index (χ3n) is 3.96. The molecule has 0 fully saturated rings. The highest BCUT2D eigenvalue weighted by Gasteiger charge is 2.13. The molecule has 3 rings (SSSR count). The van der Waals surface area contributed by atoms with Crippen molar-refractivity contribution in [1.82, 2.24) is 15.3 Å². The van der Waals surface area contributed by atoms with Crippen LogP contribution in [-0.2, 0) is 6.42 Å². The van der Waals surface area contributed by atoms with E-state index in [4.69, 9.17) is 16.8 Å². The summed E-state index contributed by atoms with van der Waals surface area (Å²) in [5.41, 5.74) is 4.74. The molecule has 25 heavy (non-hydrogen) atoms. The SMILES string of the molecule is Cc1[nH]n(-c2cccc(Cl)c2)c(=O)c1Cc1ccc(C(=O)NO)cc1. The van der Waals surface area contributed by atoms with Gasteiger partial charge in [0.15, 0.2) is 0 Å². The minimum absolute atomic E-state index is 0.142. The van der Waals surface area contributed by atoms with Gasteiger partial charge in [0, 0.05) is 28.3 Å². The summed E-state index contributed by atoms with van der Waals surface area (Å²) in [6.45, 7) is 1.84. The monoisotopic (exact) mass is 357 g/mol. The van der Waals surface area contributed by atoms with E-state index in [-0.39, 0.29) is 5.56 Å². The quantitative estimate of drug-likeness (QED) is 0.495. The molecule has 0 saturated carbocycles. The first kappa shape index (κ1) is 17.0. The van der Waals surface area contributed by atoms with Gasteiger partial charge in [-0.25, -0.2) is 10.2 Å². The summed E-state index contributed by atoms with van der Waals surface area (Å²) in [6, 6.07) is 13.7. The molecule has 1 heterocycles. The van der Waals surface area contributed by atoms with E-state index in [1.165, 1.54) is 4.68 Å². The number of aromatic amines is 1. The molecule has 0 aliphatic heterocycles. The van der Waals surface area contributed by atoms with Gasteiger partial charge < -0.3 is 0 Å². The van der Waals surface area contributed by atoms with Gasteiger partial charge in [0.2, 0.25) is 0 Å². The van der Waals surface area contributed by atoms with Crippen LogP contribution in [0.4, 0.5) is 0 Å². The second-order valence-corrected chi connectivity index (χ2v) is 6.09. The highest BCUT2D eigenvalue weighted by Crippen LogP contribution is 2.15. The van der Waals surface area contributed by atoms with E-state index in [9.17, 15) is 9.59 Å². The molecule has 0 atom stereocenters. The van der Waals surface area contributed by atoms with Gasteiger partial charge in [-0.15, -0.1) is 0 Å². The van der Waals surface area contributed by atoms with Gasteiger partial charge in [-0.3, -0.25) is 19.9 Å². The Balaban J connectivity index is 1.91. The third kappa shape index (κ3) is 3.50. The Kier molecular flexibility index (Phi) is 4.74. The van der Waals surface area contributed by atoms with Crippen LogP contribution in [0.15, 0.2) is 53.3 Å². The Morgan fingerprint density at radius 3 is 2.60 bits per heavy atom. The highest BCUT2D eigenvalue weighted by atomic mass is 35.5. The lowest BCUT2D eigenvalue weighted by Crippen LogP contribution is -2.18. The van der Waals surface area contributed by atoms with Crippen LogP contribution in [0.2, 0.25) is 5.02 Å². The van der Waals surface area contributed by atoms with Gasteiger partial charge in [0.1, 0.15) is 0 Å². The molecule has 7 heteroatoms. The zero-order valence-corrected chi connectivity index (χ0v) is 14.2. The van der Waals surface area contributed by atoms with Gasteiger partial charge in [0.25, 0.3) is 11.5 Å². The number of hydrogen-bond acceptors (Lipinski definition) is 3. The number of amides is 1. The lowest BCUT2D eigenvalue weighted by Gasteiger charge is -2.02. The maximum atomic E-state index is 12.7. The van der Waals surface area contributed by atoms with E-state index in [1.807, 2.05) is 6.92 Å². The van der Waals surface area contributed by atoms with Crippen molar-refractivity contribution in [2.75, 3.05) is 0 Å². The van der Waals surface area contributed by atoms with Crippen LogP contribution in [0.5, 0.6) is 0 Å². The van der Waals surface area contributed by atoms with Gasteiger partial charge in [-0.2, -0.15) is 0 Å². The third-order valence-corrected chi connectivity index (χ3v) is 4.19. The average Bonchev–Trinajstić information content (AvgIpc) is 2.90. The Labute approximate surface area is 148 Å². The molecule has 128 valence electrons. The molecule has 0 aliphatic carbocycles. The fourth-order valence-corrected chi connectivity index (χ4v) is 2.81. The van der Waals surface area contributed by atoms with Crippen molar-refractivity contribution in [3.63, 3.8) is 0 Å². The maximum absolute atomic E-state index is 12.7. The molecule has 0 aliphatic rings. The van der Waals surface area contributed by atoms with Crippen LogP contribution in [0.1, 0.15) is 27.2 Å². The largest absolute Gasteiger partial charge is 0.295 e. The summed E-state index contributed by atoms with van der Waals surface area (Å²) in [5.74, 6) is -0.576. The first-order valence-corrected chi connectivity index (χ1v) is 7.97. The summed E-state index contributed by atoms with van der Waals surface area (Å²) in [5, 5.41) is 12.3. The van der Waals surface area contributed by atoms with E-state index in [0.29, 0.717) is 28.3 Å². The molecule has 0 unspecified atom stereocenters. The van der Waals surface area contributed by atoms with Gasteiger partial charge in [-0.1, -0.05) is 29.8 Å². The standard InChI is InChI=1S/C18H16ClN3O3/c1-11-16(9-12-5-7-13(8-6-12)17(23)21-25)18(24)22(20-11)15-4-2-3-14(19)10-15/h2-8,10,20,25H,9H2,1H3,(H,21,23). The summed E-state index contributed by atoms with van der Waals surface area (Å²) in [4.78, 5) is 24.1. The molecule has 0 bridgehead atoms.